The second kappa shape index (κ2) is 9.65. The van der Waals surface area contributed by atoms with Gasteiger partial charge in [0.1, 0.15) is 11.4 Å². The smallest absolute Gasteiger partial charge is 0.406 e. The summed E-state index contributed by atoms with van der Waals surface area (Å²) >= 11 is 6.12. The van der Waals surface area contributed by atoms with Crippen LogP contribution in [0.5, 0.6) is 5.75 Å². The average molecular weight is 481 g/mol. The van der Waals surface area contributed by atoms with E-state index in [0.717, 1.165) is 36.6 Å². The molecule has 9 heteroatoms. The summed E-state index contributed by atoms with van der Waals surface area (Å²) in [5.74, 6) is -0.634. The van der Waals surface area contributed by atoms with E-state index in [1.54, 1.807) is 34.9 Å². The number of carbonyl (C=O) groups excluding carboxylic acids is 1. The van der Waals surface area contributed by atoms with E-state index >= 15 is 0 Å². The van der Waals surface area contributed by atoms with E-state index in [-0.39, 0.29) is 24.1 Å². The van der Waals surface area contributed by atoms with Gasteiger partial charge in [0.05, 0.1) is 6.10 Å². The molecule has 176 valence electrons. The molecule has 4 rings (SSSR count). The molecule has 0 bridgehead atoms. The van der Waals surface area contributed by atoms with E-state index < -0.39 is 12.5 Å². The normalized spacial score (nSPS) is 18.9. The Morgan fingerprint density at radius 1 is 1.15 bits per heavy atom. The highest BCUT2D eigenvalue weighted by Crippen LogP contribution is 2.28. The van der Waals surface area contributed by atoms with Crippen molar-refractivity contribution in [3.8, 4) is 5.75 Å². The zero-order chi connectivity index (χ0) is 23.6. The summed E-state index contributed by atoms with van der Waals surface area (Å²) in [6.45, 7) is 0.520. The summed E-state index contributed by atoms with van der Waals surface area (Å²) in [6.07, 6.45) is -1.63. The number of alkyl halides is 3. The molecule has 2 N–H and O–H groups in total. The van der Waals surface area contributed by atoms with Gasteiger partial charge in [0.25, 0.3) is 5.91 Å². The fraction of sp³-hybridized carbons (Fsp3) is 0.375. The Morgan fingerprint density at radius 2 is 1.94 bits per heavy atom. The van der Waals surface area contributed by atoms with Gasteiger partial charge >= 0.3 is 6.36 Å². The Hall–Kier alpha value is -2.71. The fourth-order valence-corrected chi connectivity index (χ4v) is 4.54. The number of nitrogens with one attached hydrogen (secondary N) is 1. The number of aliphatic hydroxyl groups is 1. The molecule has 0 saturated heterocycles. The number of fused-ring (bicyclic) bond motifs is 1. The Morgan fingerprint density at radius 3 is 2.70 bits per heavy atom. The molecule has 1 heterocycles. The van der Waals surface area contributed by atoms with Crippen molar-refractivity contribution in [1.29, 1.82) is 0 Å². The molecule has 0 unspecified atom stereocenters. The van der Waals surface area contributed by atoms with Crippen LogP contribution < -0.4 is 10.1 Å². The lowest BCUT2D eigenvalue weighted by molar-refractivity contribution is -0.274. The summed E-state index contributed by atoms with van der Waals surface area (Å²) < 4.78 is 43.6. The standard InChI is InChI=1S/C24H24ClF3N2O3/c25-18-8-9-20-17(11-18)12-21(23(32)29-13-16-5-1-2-7-22(16)31)30(20)14-15-4-3-6-19(10-15)33-24(26,27)28/h3-4,6,8-12,16,22,31H,1-2,5,7,13-14H2,(H,29,32)/t16-,22+/m0/s1. The van der Waals surface area contributed by atoms with E-state index in [1.807, 2.05) is 0 Å². The monoisotopic (exact) mass is 480 g/mol. The largest absolute Gasteiger partial charge is 0.573 e. The summed E-state index contributed by atoms with van der Waals surface area (Å²) in [6, 6.07) is 12.6. The van der Waals surface area contributed by atoms with Gasteiger partial charge < -0.3 is 19.7 Å². The van der Waals surface area contributed by atoms with Crippen LogP contribution in [0.1, 0.15) is 41.7 Å². The molecule has 0 aliphatic heterocycles. The number of hydrogen-bond donors (Lipinski definition) is 2. The number of benzene rings is 2. The first-order valence-corrected chi connectivity index (χ1v) is 11.2. The van der Waals surface area contributed by atoms with E-state index in [4.69, 9.17) is 11.6 Å². The minimum absolute atomic E-state index is 0.00571. The van der Waals surface area contributed by atoms with Gasteiger partial charge in [-0.15, -0.1) is 13.2 Å². The van der Waals surface area contributed by atoms with Gasteiger partial charge in [0.2, 0.25) is 0 Å². The topological polar surface area (TPSA) is 63.5 Å². The lowest BCUT2D eigenvalue weighted by Crippen LogP contribution is -2.37. The van der Waals surface area contributed by atoms with Crippen molar-refractivity contribution in [1.82, 2.24) is 9.88 Å². The number of amides is 1. The second-order valence-electron chi connectivity index (χ2n) is 8.34. The molecular formula is C24H24ClF3N2O3. The van der Waals surface area contributed by atoms with Crippen LogP contribution >= 0.6 is 11.6 Å². The van der Waals surface area contributed by atoms with Crippen molar-refractivity contribution < 1.29 is 27.8 Å². The number of nitrogens with zero attached hydrogens (tertiary/aromatic N) is 1. The molecule has 1 aromatic heterocycles. The lowest BCUT2D eigenvalue weighted by Gasteiger charge is -2.27. The van der Waals surface area contributed by atoms with Crippen molar-refractivity contribution in [2.75, 3.05) is 6.54 Å². The quantitative estimate of drug-likeness (QED) is 0.488. The molecule has 3 aromatic rings. The number of halogens is 4. The summed E-state index contributed by atoms with van der Waals surface area (Å²) in [4.78, 5) is 13.1. The fourth-order valence-electron chi connectivity index (χ4n) is 4.36. The predicted octanol–water partition coefficient (Wildman–Crippen LogP) is 5.52. The van der Waals surface area contributed by atoms with Crippen molar-refractivity contribution in [3.05, 3.63) is 64.8 Å². The molecule has 5 nitrogen and oxygen atoms in total. The summed E-state index contributed by atoms with van der Waals surface area (Å²) in [7, 11) is 0. The van der Waals surface area contributed by atoms with Crippen LogP contribution in [0.2, 0.25) is 5.02 Å². The van der Waals surface area contributed by atoms with Gasteiger partial charge in [-0.3, -0.25) is 4.79 Å². The maximum atomic E-state index is 13.1. The van der Waals surface area contributed by atoms with Crippen LogP contribution in [0.15, 0.2) is 48.5 Å². The van der Waals surface area contributed by atoms with Crippen LogP contribution in [0.3, 0.4) is 0 Å². The number of rotatable bonds is 6. The Labute approximate surface area is 194 Å². The van der Waals surface area contributed by atoms with E-state index in [0.29, 0.717) is 22.8 Å². The summed E-state index contributed by atoms with van der Waals surface area (Å²) in [5.41, 5.74) is 1.63. The average Bonchev–Trinajstić information content (AvgIpc) is 3.09. The molecule has 1 saturated carbocycles. The highest BCUT2D eigenvalue weighted by Gasteiger charge is 2.31. The van der Waals surface area contributed by atoms with Gasteiger partial charge in [-0.2, -0.15) is 0 Å². The van der Waals surface area contributed by atoms with Crippen molar-refractivity contribution in [3.63, 3.8) is 0 Å². The number of aromatic nitrogens is 1. The molecular weight excluding hydrogens is 457 g/mol. The van der Waals surface area contributed by atoms with Gasteiger partial charge in [0.15, 0.2) is 0 Å². The third kappa shape index (κ3) is 5.81. The van der Waals surface area contributed by atoms with Crippen LogP contribution in [-0.2, 0) is 6.54 Å². The third-order valence-corrected chi connectivity index (χ3v) is 6.20. The lowest BCUT2D eigenvalue weighted by atomic mass is 9.86. The molecule has 1 amide bonds. The van der Waals surface area contributed by atoms with E-state index in [1.165, 1.54) is 18.2 Å². The number of ether oxygens (including phenoxy) is 1. The zero-order valence-electron chi connectivity index (χ0n) is 17.7. The van der Waals surface area contributed by atoms with Crippen molar-refractivity contribution in [2.24, 2.45) is 5.92 Å². The molecule has 0 radical (unpaired) electrons. The molecule has 2 aromatic carbocycles. The van der Waals surface area contributed by atoms with E-state index in [2.05, 4.69) is 10.1 Å². The van der Waals surface area contributed by atoms with Crippen LogP contribution in [0.25, 0.3) is 10.9 Å². The zero-order valence-corrected chi connectivity index (χ0v) is 18.5. The molecule has 0 spiro atoms. The van der Waals surface area contributed by atoms with Gasteiger partial charge in [-0.1, -0.05) is 36.6 Å². The Bertz CT molecular complexity index is 1150. The van der Waals surface area contributed by atoms with Crippen molar-refractivity contribution >= 4 is 28.4 Å². The predicted molar refractivity (Wildman–Crippen MR) is 119 cm³/mol. The van der Waals surface area contributed by atoms with Crippen LogP contribution in [-0.4, -0.2) is 34.6 Å². The van der Waals surface area contributed by atoms with Gasteiger partial charge in [0, 0.05) is 34.9 Å². The third-order valence-electron chi connectivity index (χ3n) is 5.96. The minimum atomic E-state index is -4.79. The maximum Gasteiger partial charge on any atom is 0.573 e. The summed E-state index contributed by atoms with van der Waals surface area (Å²) in [5, 5.41) is 14.4. The van der Waals surface area contributed by atoms with Gasteiger partial charge in [-0.25, -0.2) is 0 Å². The number of carbonyl (C=O) groups is 1. The molecule has 1 fully saturated rings. The van der Waals surface area contributed by atoms with Crippen LogP contribution in [0.4, 0.5) is 13.2 Å². The first-order chi connectivity index (χ1) is 15.7. The second-order valence-corrected chi connectivity index (χ2v) is 8.77. The molecule has 1 aliphatic rings. The molecule has 2 atom stereocenters. The maximum absolute atomic E-state index is 13.1. The first-order valence-electron chi connectivity index (χ1n) is 10.8. The molecule has 1 aliphatic carbocycles. The van der Waals surface area contributed by atoms with E-state index in [9.17, 15) is 23.1 Å². The van der Waals surface area contributed by atoms with Crippen LogP contribution in [0, 0.1) is 5.92 Å². The first kappa shape index (κ1) is 23.4. The Kier molecular flexibility index (Phi) is 6.86. The molecule has 33 heavy (non-hydrogen) atoms. The minimum Gasteiger partial charge on any atom is -0.406 e. The highest BCUT2D eigenvalue weighted by molar-refractivity contribution is 6.31. The highest BCUT2D eigenvalue weighted by atomic mass is 35.5. The van der Waals surface area contributed by atoms with Gasteiger partial charge in [-0.05, 0) is 54.8 Å². The number of hydrogen-bond acceptors (Lipinski definition) is 3. The SMILES string of the molecule is O=C(NC[C@@H]1CCCC[C@H]1O)c1cc2cc(Cl)ccc2n1Cc1cccc(OC(F)(F)F)c1. The van der Waals surface area contributed by atoms with Crippen molar-refractivity contribution in [2.45, 2.75) is 44.7 Å². The number of aliphatic hydroxyl groups excluding tert-OH is 1. The Balaban J connectivity index is 1.61.